The molecule has 4 atom stereocenters. The fourth-order valence-corrected chi connectivity index (χ4v) is 5.37. The van der Waals surface area contributed by atoms with Gasteiger partial charge in [-0.05, 0) is 49.4 Å². The molecule has 4 rings (SSSR count). The molecule has 0 aliphatic heterocycles. The molecule has 0 fully saturated rings. The molecule has 1 amide bonds. The Morgan fingerprint density at radius 3 is 2.19 bits per heavy atom. The minimum absolute atomic E-state index is 0. The number of nitrogens with one attached hydrogen (secondary N) is 1. The minimum atomic E-state index is -0.520. The largest absolute Gasteiger partial charge is 0.386 e. The predicted octanol–water partition coefficient (Wildman–Crippen LogP) is 3.71. The van der Waals surface area contributed by atoms with Gasteiger partial charge in [-0.25, -0.2) is 9.61 Å². The smallest absolute Gasteiger partial charge is 0.280 e. The van der Waals surface area contributed by atoms with Crippen molar-refractivity contribution >= 4 is 17.2 Å². The maximum atomic E-state index is 11.5. The van der Waals surface area contributed by atoms with Gasteiger partial charge in [0, 0.05) is 11.9 Å². The molecule has 9 heteroatoms. The van der Waals surface area contributed by atoms with Crippen LogP contribution in [0.3, 0.4) is 0 Å². The third-order valence-corrected chi connectivity index (χ3v) is 7.37. The third-order valence-electron chi connectivity index (χ3n) is 6.24. The van der Waals surface area contributed by atoms with E-state index in [2.05, 4.69) is 52.9 Å². The predicted molar refractivity (Wildman–Crippen MR) is 120 cm³/mol. The second-order valence-corrected chi connectivity index (χ2v) is 9.87. The quantitative estimate of drug-likeness (QED) is 0.649. The van der Waals surface area contributed by atoms with Gasteiger partial charge >= 0.3 is 0 Å². The summed E-state index contributed by atoms with van der Waals surface area (Å²) < 4.78 is 4.61. The van der Waals surface area contributed by atoms with E-state index in [1.54, 1.807) is 7.05 Å². The maximum absolute atomic E-state index is 11.5. The molecule has 0 saturated heterocycles. The lowest BCUT2D eigenvalue weighted by atomic mass is 9.80. The number of amides is 1. The van der Waals surface area contributed by atoms with Crippen molar-refractivity contribution in [1.82, 2.24) is 20.6 Å². The van der Waals surface area contributed by atoms with Crippen molar-refractivity contribution in [3.05, 3.63) is 27.0 Å². The van der Waals surface area contributed by atoms with Crippen LogP contribution in [0.2, 0.25) is 0 Å². The van der Waals surface area contributed by atoms with Gasteiger partial charge in [0.15, 0.2) is 5.01 Å². The molecule has 0 radical (unpaired) electrons. The van der Waals surface area contributed by atoms with E-state index < -0.39 is 12.2 Å². The molecule has 2 heterocycles. The zero-order valence-corrected chi connectivity index (χ0v) is 19.1. The van der Waals surface area contributed by atoms with E-state index in [9.17, 15) is 15.0 Å². The highest BCUT2D eigenvalue weighted by Gasteiger charge is 2.34. The minimum Gasteiger partial charge on any atom is -0.386 e. The second-order valence-electron chi connectivity index (χ2n) is 8.79. The first-order valence-electron chi connectivity index (χ1n) is 10.6. The van der Waals surface area contributed by atoms with Crippen molar-refractivity contribution in [3.8, 4) is 0 Å². The number of rotatable bonds is 3. The van der Waals surface area contributed by atoms with Gasteiger partial charge < -0.3 is 15.5 Å². The summed E-state index contributed by atoms with van der Waals surface area (Å²) in [5, 5.41) is 30.7. The van der Waals surface area contributed by atoms with Gasteiger partial charge in [0.2, 0.25) is 0 Å². The molecule has 0 aromatic carbocycles. The van der Waals surface area contributed by atoms with Crippen LogP contribution in [-0.2, 0) is 12.8 Å². The van der Waals surface area contributed by atoms with Gasteiger partial charge in [0.25, 0.3) is 5.91 Å². The van der Waals surface area contributed by atoms with Gasteiger partial charge in [-0.3, -0.25) is 4.79 Å². The van der Waals surface area contributed by atoms with E-state index in [0.717, 1.165) is 41.9 Å². The molecule has 2 aliphatic rings. The number of aryl methyl sites for hydroxylation is 2. The van der Waals surface area contributed by atoms with Gasteiger partial charge in [-0.1, -0.05) is 45.4 Å². The number of carbonyl (C=O) groups excluding carboxylic acids is 1. The molecular weight excluding hydrogens is 416 g/mol. The summed E-state index contributed by atoms with van der Waals surface area (Å²) in [6, 6.07) is 0. The summed E-state index contributed by atoms with van der Waals surface area (Å²) >= 11 is 1.40. The van der Waals surface area contributed by atoms with Crippen molar-refractivity contribution in [2.24, 2.45) is 23.7 Å². The Balaban J connectivity index is 0.000000220. The molecule has 4 unspecified atom stereocenters. The molecule has 0 bridgehead atoms. The Hall–Kier alpha value is -1.84. The fraction of sp³-hybridized carbons (Fsp3) is 0.727. The van der Waals surface area contributed by atoms with E-state index in [1.165, 1.54) is 11.3 Å². The number of hydrogen-bond donors (Lipinski definition) is 3. The molecule has 2 aromatic heterocycles. The van der Waals surface area contributed by atoms with Gasteiger partial charge in [0.1, 0.15) is 23.6 Å². The van der Waals surface area contributed by atoms with Crippen molar-refractivity contribution in [2.75, 3.05) is 7.05 Å². The van der Waals surface area contributed by atoms with Crippen molar-refractivity contribution in [3.63, 3.8) is 0 Å². The zero-order valence-electron chi connectivity index (χ0n) is 18.3. The van der Waals surface area contributed by atoms with Crippen LogP contribution in [0.15, 0.2) is 4.63 Å². The first-order chi connectivity index (χ1) is 14.2. The highest BCUT2D eigenvalue weighted by atomic mass is 32.1. The number of hydrogen-bond acceptors (Lipinski definition) is 8. The monoisotopic (exact) mass is 452 g/mol. The highest BCUT2D eigenvalue weighted by molar-refractivity contribution is 7.13. The van der Waals surface area contributed by atoms with Crippen LogP contribution in [-0.4, -0.2) is 38.5 Å². The summed E-state index contributed by atoms with van der Waals surface area (Å²) in [7, 11) is 1.59. The lowest BCUT2D eigenvalue weighted by Gasteiger charge is -2.29. The molecular formula is C22H36N4O4S. The van der Waals surface area contributed by atoms with Crippen LogP contribution in [0.25, 0.3) is 0 Å². The van der Waals surface area contributed by atoms with Gasteiger partial charge in [-0.2, -0.15) is 0 Å². The summed E-state index contributed by atoms with van der Waals surface area (Å²) in [5.74, 6) is 1.28. The summed E-state index contributed by atoms with van der Waals surface area (Å²) in [6.07, 6.45) is 2.73. The maximum Gasteiger partial charge on any atom is 0.280 e. The van der Waals surface area contributed by atoms with Crippen molar-refractivity contribution < 1.29 is 19.6 Å². The summed E-state index contributed by atoms with van der Waals surface area (Å²) in [4.78, 5) is 16.9. The van der Waals surface area contributed by atoms with Gasteiger partial charge in [-0.15, -0.1) is 11.3 Å². The molecule has 0 saturated carbocycles. The molecule has 174 valence electrons. The molecule has 8 nitrogen and oxygen atoms in total. The number of thiazole rings is 1. The van der Waals surface area contributed by atoms with Crippen LogP contribution in [0.1, 0.15) is 91.9 Å². The van der Waals surface area contributed by atoms with Crippen molar-refractivity contribution in [1.29, 1.82) is 0 Å². The summed E-state index contributed by atoms with van der Waals surface area (Å²) in [5.41, 5.74) is 2.19. The Morgan fingerprint density at radius 1 is 1.03 bits per heavy atom. The second kappa shape index (κ2) is 10.7. The number of aliphatic hydroxyl groups is 2. The van der Waals surface area contributed by atoms with E-state index in [4.69, 9.17) is 0 Å². The molecule has 2 aliphatic carbocycles. The first kappa shape index (κ1) is 25.4. The van der Waals surface area contributed by atoms with E-state index in [0.29, 0.717) is 28.5 Å². The summed E-state index contributed by atoms with van der Waals surface area (Å²) in [6.45, 7) is 8.47. The fourth-order valence-electron chi connectivity index (χ4n) is 4.31. The standard InChI is InChI=1S/C12H18N2O2S.C9H14N2O2.CH4/c1-6(2)7-4-5-8-9(10(7)15)14-12(17-8)11(16)13-3;1-5(2)6-3-4-7-8(9(6)12)11-13-10-7;/h6-7,10,15H,4-5H2,1-3H3,(H,13,16);5-6,9,12H,3-4H2,1-2H3;1H4. The normalized spacial score (nSPS) is 24.5. The topological polar surface area (TPSA) is 121 Å². The number of aromatic nitrogens is 3. The molecule has 2 aromatic rings. The van der Waals surface area contributed by atoms with Crippen LogP contribution in [0.5, 0.6) is 0 Å². The average molecular weight is 453 g/mol. The number of nitrogens with zero attached hydrogens (tertiary/aromatic N) is 3. The average Bonchev–Trinajstić information content (AvgIpc) is 3.35. The molecule has 31 heavy (non-hydrogen) atoms. The highest BCUT2D eigenvalue weighted by Crippen LogP contribution is 2.40. The third kappa shape index (κ3) is 5.32. The van der Waals surface area contributed by atoms with Crippen LogP contribution < -0.4 is 5.32 Å². The number of fused-ring (bicyclic) bond motifs is 2. The zero-order chi connectivity index (χ0) is 22.0. The van der Waals surface area contributed by atoms with Gasteiger partial charge in [0.05, 0.1) is 5.69 Å². The first-order valence-corrected chi connectivity index (χ1v) is 11.4. The number of carbonyl (C=O) groups is 1. The Morgan fingerprint density at radius 2 is 1.61 bits per heavy atom. The Bertz CT molecular complexity index is 864. The number of aliphatic hydroxyl groups excluding tert-OH is 2. The van der Waals surface area contributed by atoms with Crippen molar-refractivity contribution in [2.45, 2.75) is 73.0 Å². The van der Waals surface area contributed by atoms with Crippen LogP contribution in [0, 0.1) is 23.7 Å². The van der Waals surface area contributed by atoms with Crippen LogP contribution >= 0.6 is 11.3 Å². The van der Waals surface area contributed by atoms with E-state index in [-0.39, 0.29) is 19.3 Å². The molecule has 3 N–H and O–H groups in total. The van der Waals surface area contributed by atoms with E-state index >= 15 is 0 Å². The van der Waals surface area contributed by atoms with E-state index in [1.807, 2.05) is 0 Å². The lowest BCUT2D eigenvalue weighted by molar-refractivity contribution is 0.0612. The lowest BCUT2D eigenvalue weighted by Crippen LogP contribution is -2.24. The molecule has 0 spiro atoms. The van der Waals surface area contributed by atoms with Crippen LogP contribution in [0.4, 0.5) is 0 Å². The SMILES string of the molecule is C.CC(C)C1CCc2nonc2C1O.CNC(=O)c1nc2c(s1)CCC(C(C)C)C2O. The Kier molecular flexibility index (Phi) is 8.73. The Labute approximate surface area is 188 Å².